The summed E-state index contributed by atoms with van der Waals surface area (Å²) in [5.41, 5.74) is 5.44. The molecule has 158 valence electrons. The second kappa shape index (κ2) is 8.64. The SMILES string of the molecule is CC(=O)N1CCN(S(=O)(=O)c2cccc(C(=O)Oc3cccc(C(N)=O)c3)c2)CC1. The van der Waals surface area contributed by atoms with E-state index in [1.807, 2.05) is 0 Å². The number of benzene rings is 2. The monoisotopic (exact) mass is 431 g/mol. The molecule has 1 saturated heterocycles. The van der Waals surface area contributed by atoms with E-state index < -0.39 is 21.9 Å². The number of hydrogen-bond donors (Lipinski definition) is 1. The van der Waals surface area contributed by atoms with Gasteiger partial charge in [0.15, 0.2) is 0 Å². The van der Waals surface area contributed by atoms with Gasteiger partial charge in [-0.05, 0) is 36.4 Å². The number of primary amides is 1. The second-order valence-corrected chi connectivity index (χ2v) is 8.66. The van der Waals surface area contributed by atoms with Gasteiger partial charge in [-0.25, -0.2) is 13.2 Å². The average molecular weight is 431 g/mol. The number of nitrogens with two attached hydrogens (primary N) is 1. The molecule has 10 heteroatoms. The first-order valence-corrected chi connectivity index (χ1v) is 10.6. The highest BCUT2D eigenvalue weighted by Gasteiger charge is 2.29. The zero-order valence-electron chi connectivity index (χ0n) is 16.3. The molecule has 0 saturated carbocycles. The summed E-state index contributed by atoms with van der Waals surface area (Å²) in [4.78, 5) is 36.7. The third-order valence-electron chi connectivity index (χ3n) is 4.72. The molecule has 9 nitrogen and oxygen atoms in total. The van der Waals surface area contributed by atoms with E-state index in [0.29, 0.717) is 13.1 Å². The number of carbonyl (C=O) groups is 3. The molecule has 3 rings (SSSR count). The van der Waals surface area contributed by atoms with Crippen molar-refractivity contribution in [3.63, 3.8) is 0 Å². The number of nitrogens with zero attached hydrogens (tertiary/aromatic N) is 2. The Kier molecular flexibility index (Phi) is 6.18. The van der Waals surface area contributed by atoms with Gasteiger partial charge in [0.25, 0.3) is 0 Å². The second-order valence-electron chi connectivity index (χ2n) is 6.72. The van der Waals surface area contributed by atoms with Crippen molar-refractivity contribution < 1.29 is 27.5 Å². The fraction of sp³-hybridized carbons (Fsp3) is 0.250. The number of hydrogen-bond acceptors (Lipinski definition) is 6. The van der Waals surface area contributed by atoms with Crippen LogP contribution in [0.4, 0.5) is 0 Å². The largest absolute Gasteiger partial charge is 0.423 e. The van der Waals surface area contributed by atoms with Crippen LogP contribution in [0.5, 0.6) is 5.75 Å². The van der Waals surface area contributed by atoms with Crippen LogP contribution >= 0.6 is 0 Å². The Morgan fingerprint density at radius 2 is 1.57 bits per heavy atom. The Hall–Kier alpha value is -3.24. The molecule has 2 amide bonds. The molecule has 0 unspecified atom stereocenters. The van der Waals surface area contributed by atoms with Gasteiger partial charge in [0.1, 0.15) is 5.75 Å². The summed E-state index contributed by atoms with van der Waals surface area (Å²) in [7, 11) is -3.83. The Morgan fingerprint density at radius 1 is 0.933 bits per heavy atom. The fourth-order valence-corrected chi connectivity index (χ4v) is 4.52. The van der Waals surface area contributed by atoms with Crippen LogP contribution in [0.15, 0.2) is 53.4 Å². The lowest BCUT2D eigenvalue weighted by molar-refractivity contribution is -0.129. The van der Waals surface area contributed by atoms with Crippen molar-refractivity contribution in [2.75, 3.05) is 26.2 Å². The van der Waals surface area contributed by atoms with Gasteiger partial charge in [0, 0.05) is 38.7 Å². The van der Waals surface area contributed by atoms with Crippen LogP contribution < -0.4 is 10.5 Å². The van der Waals surface area contributed by atoms with Crippen molar-refractivity contribution in [3.8, 4) is 5.75 Å². The molecule has 1 aliphatic heterocycles. The molecule has 2 N–H and O–H groups in total. The maximum atomic E-state index is 12.9. The fourth-order valence-electron chi connectivity index (χ4n) is 3.05. The van der Waals surface area contributed by atoms with Gasteiger partial charge in [-0.3, -0.25) is 9.59 Å². The third kappa shape index (κ3) is 4.66. The van der Waals surface area contributed by atoms with Crippen LogP contribution in [0.2, 0.25) is 0 Å². The van der Waals surface area contributed by atoms with E-state index in [9.17, 15) is 22.8 Å². The highest BCUT2D eigenvalue weighted by molar-refractivity contribution is 7.89. The Labute approximate surface area is 174 Å². The number of amides is 2. The van der Waals surface area contributed by atoms with Gasteiger partial charge in [-0.2, -0.15) is 4.31 Å². The minimum absolute atomic E-state index is 0.0425. The quantitative estimate of drug-likeness (QED) is 0.552. The van der Waals surface area contributed by atoms with Gasteiger partial charge in [0.2, 0.25) is 21.8 Å². The normalized spacial score (nSPS) is 14.9. The van der Waals surface area contributed by atoms with Crippen LogP contribution in [-0.2, 0) is 14.8 Å². The van der Waals surface area contributed by atoms with E-state index in [-0.39, 0.29) is 40.8 Å². The predicted molar refractivity (Wildman–Crippen MR) is 107 cm³/mol. The maximum Gasteiger partial charge on any atom is 0.343 e. The van der Waals surface area contributed by atoms with Crippen molar-refractivity contribution >= 4 is 27.8 Å². The number of ether oxygens (including phenoxy) is 1. The molecule has 30 heavy (non-hydrogen) atoms. The minimum Gasteiger partial charge on any atom is -0.423 e. The number of carbonyl (C=O) groups excluding carboxylic acids is 3. The van der Waals surface area contributed by atoms with Crippen molar-refractivity contribution in [2.45, 2.75) is 11.8 Å². The Bertz CT molecular complexity index is 1090. The molecule has 0 spiro atoms. The van der Waals surface area contributed by atoms with E-state index in [2.05, 4.69) is 0 Å². The molecule has 0 radical (unpaired) electrons. The molecule has 1 aliphatic rings. The molecule has 0 aromatic heterocycles. The standard InChI is InChI=1S/C20H21N3O6S/c1-14(24)22-8-10-23(11-9-22)30(27,28)18-7-3-5-16(13-18)20(26)29-17-6-2-4-15(12-17)19(21)25/h2-7,12-13H,8-11H2,1H3,(H2,21,25). The first-order chi connectivity index (χ1) is 14.2. The van der Waals surface area contributed by atoms with Crippen LogP contribution in [0.1, 0.15) is 27.6 Å². The first kappa shape index (κ1) is 21.5. The number of piperazine rings is 1. The summed E-state index contributed by atoms with van der Waals surface area (Å²) in [6.07, 6.45) is 0. The van der Waals surface area contributed by atoms with Gasteiger partial charge >= 0.3 is 5.97 Å². The molecule has 1 fully saturated rings. The summed E-state index contributed by atoms with van der Waals surface area (Å²) in [5.74, 6) is -1.41. The van der Waals surface area contributed by atoms with E-state index in [1.165, 1.54) is 59.8 Å². The van der Waals surface area contributed by atoms with E-state index in [4.69, 9.17) is 10.5 Å². The number of rotatable bonds is 5. The molecule has 0 atom stereocenters. The predicted octanol–water partition coefficient (Wildman–Crippen LogP) is 0.858. The molecular weight excluding hydrogens is 410 g/mol. The first-order valence-electron chi connectivity index (χ1n) is 9.16. The smallest absolute Gasteiger partial charge is 0.343 e. The van der Waals surface area contributed by atoms with Crippen molar-refractivity contribution in [1.82, 2.24) is 9.21 Å². The third-order valence-corrected chi connectivity index (χ3v) is 6.62. The van der Waals surface area contributed by atoms with Gasteiger partial charge in [-0.15, -0.1) is 0 Å². The Balaban J connectivity index is 1.77. The highest BCUT2D eigenvalue weighted by atomic mass is 32.2. The molecular formula is C20H21N3O6S. The summed E-state index contributed by atoms with van der Waals surface area (Å²) < 4.78 is 32.4. The summed E-state index contributed by atoms with van der Waals surface area (Å²) in [6.45, 7) is 2.42. The van der Waals surface area contributed by atoms with Gasteiger partial charge in [-0.1, -0.05) is 12.1 Å². The van der Waals surface area contributed by atoms with Gasteiger partial charge in [0.05, 0.1) is 10.5 Å². The Morgan fingerprint density at radius 3 is 2.20 bits per heavy atom. The number of sulfonamides is 1. The molecule has 0 aliphatic carbocycles. The number of esters is 1. The van der Waals surface area contributed by atoms with Crippen molar-refractivity contribution in [1.29, 1.82) is 0 Å². The molecule has 2 aromatic rings. The van der Waals surface area contributed by atoms with Gasteiger partial charge < -0.3 is 15.4 Å². The lowest BCUT2D eigenvalue weighted by Gasteiger charge is -2.33. The van der Waals surface area contributed by atoms with Crippen LogP contribution in [-0.4, -0.2) is 61.6 Å². The lowest BCUT2D eigenvalue weighted by Crippen LogP contribution is -2.49. The minimum atomic E-state index is -3.83. The summed E-state index contributed by atoms with van der Waals surface area (Å²) >= 11 is 0. The van der Waals surface area contributed by atoms with Crippen molar-refractivity contribution in [3.05, 3.63) is 59.7 Å². The molecule has 2 aromatic carbocycles. The zero-order valence-corrected chi connectivity index (χ0v) is 17.1. The van der Waals surface area contributed by atoms with E-state index >= 15 is 0 Å². The topological polar surface area (TPSA) is 127 Å². The zero-order chi connectivity index (χ0) is 21.9. The molecule has 0 bridgehead atoms. The lowest BCUT2D eigenvalue weighted by atomic mass is 10.2. The summed E-state index contributed by atoms with van der Waals surface area (Å²) in [6, 6.07) is 11.4. The van der Waals surface area contributed by atoms with Crippen molar-refractivity contribution in [2.24, 2.45) is 5.73 Å². The van der Waals surface area contributed by atoms with Crippen LogP contribution in [0.25, 0.3) is 0 Å². The van der Waals surface area contributed by atoms with Crippen LogP contribution in [0, 0.1) is 0 Å². The molecule has 1 heterocycles. The average Bonchev–Trinajstić information content (AvgIpc) is 2.74. The summed E-state index contributed by atoms with van der Waals surface area (Å²) in [5, 5.41) is 0. The van der Waals surface area contributed by atoms with E-state index in [0.717, 1.165) is 0 Å². The highest BCUT2D eigenvalue weighted by Crippen LogP contribution is 2.21. The van der Waals surface area contributed by atoms with E-state index in [1.54, 1.807) is 4.90 Å². The maximum absolute atomic E-state index is 12.9. The van der Waals surface area contributed by atoms with Crippen LogP contribution in [0.3, 0.4) is 0 Å².